The zero-order valence-corrected chi connectivity index (χ0v) is 13.4. The van der Waals surface area contributed by atoms with Gasteiger partial charge in [0.15, 0.2) is 0 Å². The predicted molar refractivity (Wildman–Crippen MR) is 82.1 cm³/mol. The molecule has 0 fully saturated rings. The van der Waals surface area contributed by atoms with Gasteiger partial charge in [-0.3, -0.25) is 9.59 Å². The van der Waals surface area contributed by atoms with E-state index in [2.05, 4.69) is 5.32 Å². The molecule has 22 heavy (non-hydrogen) atoms. The fourth-order valence-electron chi connectivity index (χ4n) is 2.32. The Morgan fingerprint density at radius 1 is 1.32 bits per heavy atom. The van der Waals surface area contributed by atoms with Gasteiger partial charge in [0.05, 0.1) is 32.1 Å². The first-order valence-corrected chi connectivity index (χ1v) is 6.95. The molecule has 122 valence electrons. The van der Waals surface area contributed by atoms with E-state index in [1.807, 2.05) is 19.1 Å². The summed E-state index contributed by atoms with van der Waals surface area (Å²) in [5, 5.41) is 11.7. The van der Waals surface area contributed by atoms with Crippen LogP contribution < -0.4 is 10.1 Å². The van der Waals surface area contributed by atoms with Gasteiger partial charge in [-0.1, -0.05) is 12.1 Å². The minimum Gasteiger partial charge on any atom is -0.496 e. The van der Waals surface area contributed by atoms with Gasteiger partial charge in [0.1, 0.15) is 5.75 Å². The lowest BCUT2D eigenvalue weighted by Crippen LogP contribution is -2.51. The summed E-state index contributed by atoms with van der Waals surface area (Å²) in [6, 6.07) is 5.54. The molecule has 1 aromatic rings. The van der Waals surface area contributed by atoms with Crippen molar-refractivity contribution in [2.24, 2.45) is 0 Å². The van der Waals surface area contributed by atoms with Gasteiger partial charge in [-0.2, -0.15) is 0 Å². The van der Waals surface area contributed by atoms with Crippen LogP contribution in [0.15, 0.2) is 18.2 Å². The summed E-state index contributed by atoms with van der Waals surface area (Å²) in [5.74, 6) is -0.529. The quantitative estimate of drug-likeness (QED) is 0.761. The highest BCUT2D eigenvalue weighted by Gasteiger charge is 2.29. The molecular formula is C16H23NO5. The molecule has 1 unspecified atom stereocenters. The second-order valence-corrected chi connectivity index (χ2v) is 5.59. The number of carbonyl (C=O) groups is 2. The Bertz CT molecular complexity index is 543. The fraction of sp³-hybridized carbons (Fsp3) is 0.500. The van der Waals surface area contributed by atoms with Crippen LogP contribution in [0, 0.1) is 6.92 Å². The minimum atomic E-state index is -0.989. The highest BCUT2D eigenvalue weighted by atomic mass is 16.5. The van der Waals surface area contributed by atoms with Gasteiger partial charge in [-0.25, -0.2) is 0 Å². The predicted octanol–water partition coefficient (Wildman–Crippen LogP) is 1.54. The highest BCUT2D eigenvalue weighted by molar-refractivity contribution is 5.80. The monoisotopic (exact) mass is 309 g/mol. The lowest BCUT2D eigenvalue weighted by atomic mass is 9.98. The Labute approximate surface area is 130 Å². The second kappa shape index (κ2) is 7.79. The molecule has 0 aliphatic carbocycles. The number of aliphatic carboxylic acids is 1. The summed E-state index contributed by atoms with van der Waals surface area (Å²) in [6.07, 6.45) is -0.0562. The number of rotatable bonds is 8. The van der Waals surface area contributed by atoms with Gasteiger partial charge in [-0.05, 0) is 31.0 Å². The number of hydrogen-bond acceptors (Lipinski definition) is 4. The third-order valence-corrected chi connectivity index (χ3v) is 3.28. The van der Waals surface area contributed by atoms with E-state index in [1.165, 1.54) is 7.11 Å². The normalized spacial score (nSPS) is 13.3. The van der Waals surface area contributed by atoms with E-state index in [0.717, 1.165) is 16.9 Å². The zero-order valence-electron chi connectivity index (χ0n) is 13.4. The number of benzene rings is 1. The average Bonchev–Trinajstić information content (AvgIpc) is 2.39. The summed E-state index contributed by atoms with van der Waals surface area (Å²) in [6.45, 7) is 3.70. The molecule has 0 aliphatic rings. The number of aryl methyl sites for hydroxylation is 1. The van der Waals surface area contributed by atoms with Gasteiger partial charge < -0.3 is 19.9 Å². The van der Waals surface area contributed by atoms with E-state index in [-0.39, 0.29) is 25.4 Å². The van der Waals surface area contributed by atoms with Gasteiger partial charge in [0, 0.05) is 7.11 Å². The number of carboxylic acids is 1. The Kier molecular flexibility index (Phi) is 6.37. The van der Waals surface area contributed by atoms with Crippen LogP contribution in [0.3, 0.4) is 0 Å². The van der Waals surface area contributed by atoms with Gasteiger partial charge in [-0.15, -0.1) is 0 Å². The van der Waals surface area contributed by atoms with Crippen LogP contribution in [0.25, 0.3) is 0 Å². The standard InChI is InChI=1S/C16H23NO5/c1-11-5-6-12(7-13(11)22-4)8-14(18)17-16(2,10-21-3)9-15(19)20/h5-7H,8-10H2,1-4H3,(H,17,18)(H,19,20). The SMILES string of the molecule is COCC(C)(CC(=O)O)NC(=O)Cc1ccc(C)c(OC)c1. The Hall–Kier alpha value is -2.08. The van der Waals surface area contributed by atoms with Gasteiger partial charge in [0.25, 0.3) is 0 Å². The molecule has 6 nitrogen and oxygen atoms in total. The molecule has 0 aliphatic heterocycles. The lowest BCUT2D eigenvalue weighted by molar-refractivity contribution is -0.139. The van der Waals surface area contributed by atoms with E-state index >= 15 is 0 Å². The van der Waals surface area contributed by atoms with Crippen molar-refractivity contribution >= 4 is 11.9 Å². The van der Waals surface area contributed by atoms with Crippen LogP contribution in [0.2, 0.25) is 0 Å². The third-order valence-electron chi connectivity index (χ3n) is 3.28. The van der Waals surface area contributed by atoms with E-state index in [0.29, 0.717) is 0 Å². The topological polar surface area (TPSA) is 84.9 Å². The van der Waals surface area contributed by atoms with E-state index in [4.69, 9.17) is 14.6 Å². The summed E-state index contributed by atoms with van der Waals surface area (Å²) >= 11 is 0. The van der Waals surface area contributed by atoms with Crippen LogP contribution in [0.1, 0.15) is 24.5 Å². The maximum absolute atomic E-state index is 12.2. The minimum absolute atomic E-state index is 0.127. The van der Waals surface area contributed by atoms with Crippen LogP contribution >= 0.6 is 0 Å². The highest BCUT2D eigenvalue weighted by Crippen LogP contribution is 2.19. The smallest absolute Gasteiger partial charge is 0.305 e. The number of nitrogens with one attached hydrogen (secondary N) is 1. The number of ether oxygens (including phenoxy) is 2. The Morgan fingerprint density at radius 3 is 2.55 bits per heavy atom. The Balaban J connectivity index is 2.77. The second-order valence-electron chi connectivity index (χ2n) is 5.59. The molecule has 1 amide bonds. The first kappa shape index (κ1) is 18.0. The van der Waals surface area contributed by atoms with Crippen LogP contribution in [0.4, 0.5) is 0 Å². The maximum atomic E-state index is 12.2. The average molecular weight is 309 g/mol. The molecule has 0 radical (unpaired) electrons. The van der Waals surface area contributed by atoms with Crippen molar-refractivity contribution in [1.82, 2.24) is 5.32 Å². The number of hydrogen-bond donors (Lipinski definition) is 2. The number of carboxylic acid groups (broad SMARTS) is 1. The molecule has 0 saturated carbocycles. The summed E-state index contributed by atoms with van der Waals surface area (Å²) in [5.41, 5.74) is 0.851. The largest absolute Gasteiger partial charge is 0.496 e. The molecule has 6 heteroatoms. The third kappa shape index (κ3) is 5.37. The van der Waals surface area contributed by atoms with Crippen LogP contribution in [-0.4, -0.2) is 43.3 Å². The van der Waals surface area contributed by atoms with Crippen molar-refractivity contribution in [2.45, 2.75) is 32.2 Å². The molecule has 1 atom stereocenters. The molecule has 2 N–H and O–H groups in total. The fourth-order valence-corrected chi connectivity index (χ4v) is 2.32. The van der Waals surface area contributed by atoms with E-state index in [9.17, 15) is 9.59 Å². The van der Waals surface area contributed by atoms with Crippen molar-refractivity contribution in [3.63, 3.8) is 0 Å². The first-order valence-electron chi connectivity index (χ1n) is 6.95. The molecule has 0 spiro atoms. The molecular weight excluding hydrogens is 286 g/mol. The molecule has 0 heterocycles. The van der Waals surface area contributed by atoms with Gasteiger partial charge >= 0.3 is 5.97 Å². The lowest BCUT2D eigenvalue weighted by Gasteiger charge is -2.28. The summed E-state index contributed by atoms with van der Waals surface area (Å²) < 4.78 is 10.2. The number of carbonyl (C=O) groups excluding carboxylic acids is 1. The molecule has 1 aromatic carbocycles. The van der Waals surface area contributed by atoms with Crippen LogP contribution in [0.5, 0.6) is 5.75 Å². The van der Waals surface area contributed by atoms with Crippen molar-refractivity contribution in [1.29, 1.82) is 0 Å². The van der Waals surface area contributed by atoms with Crippen molar-refractivity contribution in [2.75, 3.05) is 20.8 Å². The van der Waals surface area contributed by atoms with Crippen molar-refractivity contribution in [3.05, 3.63) is 29.3 Å². The maximum Gasteiger partial charge on any atom is 0.305 e. The molecule has 0 bridgehead atoms. The van der Waals surface area contributed by atoms with Crippen molar-refractivity contribution < 1.29 is 24.2 Å². The molecule has 1 rings (SSSR count). The number of methoxy groups -OCH3 is 2. The Morgan fingerprint density at radius 2 is 2.00 bits per heavy atom. The zero-order chi connectivity index (χ0) is 16.8. The summed E-state index contributed by atoms with van der Waals surface area (Å²) in [4.78, 5) is 23.1. The van der Waals surface area contributed by atoms with E-state index in [1.54, 1.807) is 20.1 Å². The molecule has 0 aromatic heterocycles. The first-order chi connectivity index (χ1) is 10.3. The van der Waals surface area contributed by atoms with Crippen LogP contribution in [-0.2, 0) is 20.7 Å². The molecule has 0 saturated heterocycles. The van der Waals surface area contributed by atoms with E-state index < -0.39 is 11.5 Å². The number of amides is 1. The van der Waals surface area contributed by atoms with Gasteiger partial charge in [0.2, 0.25) is 5.91 Å². The summed E-state index contributed by atoms with van der Waals surface area (Å²) in [7, 11) is 3.05. The van der Waals surface area contributed by atoms with Crippen molar-refractivity contribution in [3.8, 4) is 5.75 Å².